The Morgan fingerprint density at radius 2 is 0.849 bits per heavy atom. The molecule has 0 saturated heterocycles. The van der Waals surface area contributed by atoms with Crippen LogP contribution in [0.4, 0.5) is 0 Å². The Morgan fingerprint density at radius 3 is 1.30 bits per heavy atom. The average Bonchev–Trinajstić information content (AvgIpc) is 3.16. The number of aliphatic hydroxyl groups is 1. The second-order valence-corrected chi connectivity index (χ2v) is 14.4. The number of rotatable bonds is 40. The van der Waals surface area contributed by atoms with Gasteiger partial charge in [0.05, 0.1) is 13.2 Å². The third-order valence-corrected chi connectivity index (χ3v) is 9.20. The van der Waals surface area contributed by atoms with Crippen molar-refractivity contribution in [1.82, 2.24) is 0 Å². The fraction of sp³-hybridized carbons (Fsp3) is 0.694. The Balaban J connectivity index is 3.55. The lowest BCUT2D eigenvalue weighted by Crippen LogP contribution is -2.27. The average molecular weight is 737 g/mol. The SMILES string of the molecule is CC/C=C\C/C=C\C/C=C\C/C=C\C/C=C\C/C=C\CCCOCC(CO)OC(=O)CCCCCCCCCCC/C=C\CCCCCCCCCC. The lowest BCUT2D eigenvalue weighted by atomic mass is 10.1. The van der Waals surface area contributed by atoms with Gasteiger partial charge < -0.3 is 14.6 Å². The highest BCUT2D eigenvalue weighted by Crippen LogP contribution is 2.13. The summed E-state index contributed by atoms with van der Waals surface area (Å²) < 4.78 is 11.1. The topological polar surface area (TPSA) is 55.8 Å². The van der Waals surface area contributed by atoms with Gasteiger partial charge in [-0.3, -0.25) is 4.79 Å². The Bertz CT molecular complexity index is 954. The first-order valence-electron chi connectivity index (χ1n) is 22.2. The van der Waals surface area contributed by atoms with Crippen molar-refractivity contribution < 1.29 is 19.4 Å². The molecule has 0 amide bonds. The van der Waals surface area contributed by atoms with E-state index in [0.29, 0.717) is 13.0 Å². The molecule has 0 aliphatic carbocycles. The second-order valence-electron chi connectivity index (χ2n) is 14.4. The van der Waals surface area contributed by atoms with Crippen molar-refractivity contribution in [2.45, 2.75) is 200 Å². The van der Waals surface area contributed by atoms with Crippen molar-refractivity contribution in [2.75, 3.05) is 19.8 Å². The molecule has 4 heteroatoms. The largest absolute Gasteiger partial charge is 0.457 e. The highest BCUT2D eigenvalue weighted by atomic mass is 16.6. The molecule has 1 N–H and O–H groups in total. The lowest BCUT2D eigenvalue weighted by Gasteiger charge is -2.15. The second kappa shape index (κ2) is 45.7. The van der Waals surface area contributed by atoms with E-state index in [4.69, 9.17) is 9.47 Å². The number of carbonyl (C=O) groups is 1. The van der Waals surface area contributed by atoms with E-state index in [1.165, 1.54) is 109 Å². The summed E-state index contributed by atoms with van der Waals surface area (Å²) in [5.41, 5.74) is 0. The van der Waals surface area contributed by atoms with Crippen LogP contribution in [0.5, 0.6) is 0 Å². The number of allylic oxidation sites excluding steroid dienone is 14. The Morgan fingerprint density at radius 1 is 0.472 bits per heavy atom. The lowest BCUT2D eigenvalue weighted by molar-refractivity contribution is -0.154. The zero-order valence-corrected chi connectivity index (χ0v) is 34.8. The minimum absolute atomic E-state index is 0.200. The van der Waals surface area contributed by atoms with Crippen LogP contribution in [-0.4, -0.2) is 37.0 Å². The zero-order chi connectivity index (χ0) is 38.4. The minimum atomic E-state index is -0.571. The number of hydrogen-bond acceptors (Lipinski definition) is 4. The van der Waals surface area contributed by atoms with Crippen LogP contribution < -0.4 is 0 Å². The summed E-state index contributed by atoms with van der Waals surface area (Å²) in [6.45, 7) is 5.09. The normalized spacial score (nSPS) is 13.2. The number of unbranched alkanes of at least 4 members (excludes halogenated alkanes) is 18. The summed E-state index contributed by atoms with van der Waals surface area (Å²) in [5.74, 6) is -0.225. The van der Waals surface area contributed by atoms with Crippen molar-refractivity contribution in [2.24, 2.45) is 0 Å². The Hall–Kier alpha value is -2.43. The van der Waals surface area contributed by atoms with E-state index in [1.54, 1.807) is 0 Å². The molecular weight excluding hydrogens is 653 g/mol. The van der Waals surface area contributed by atoms with Gasteiger partial charge in [-0.2, -0.15) is 0 Å². The molecule has 0 aromatic carbocycles. The smallest absolute Gasteiger partial charge is 0.306 e. The van der Waals surface area contributed by atoms with Crippen LogP contribution in [-0.2, 0) is 14.3 Å². The molecule has 0 aliphatic heterocycles. The quantitative estimate of drug-likeness (QED) is 0.0387. The maximum absolute atomic E-state index is 12.2. The minimum Gasteiger partial charge on any atom is -0.457 e. The molecule has 1 unspecified atom stereocenters. The molecule has 304 valence electrons. The molecule has 0 spiro atoms. The first-order chi connectivity index (χ1) is 26.2. The van der Waals surface area contributed by atoms with Gasteiger partial charge in [0, 0.05) is 13.0 Å². The van der Waals surface area contributed by atoms with Crippen LogP contribution in [0.3, 0.4) is 0 Å². The zero-order valence-electron chi connectivity index (χ0n) is 34.8. The fourth-order valence-corrected chi connectivity index (χ4v) is 5.93. The summed E-state index contributed by atoms with van der Waals surface area (Å²) >= 11 is 0. The molecule has 0 aromatic rings. The Kier molecular flexibility index (Phi) is 43.6. The van der Waals surface area contributed by atoms with Gasteiger partial charge in [0.25, 0.3) is 0 Å². The van der Waals surface area contributed by atoms with E-state index >= 15 is 0 Å². The highest BCUT2D eigenvalue weighted by Gasteiger charge is 2.13. The maximum Gasteiger partial charge on any atom is 0.306 e. The van der Waals surface area contributed by atoms with Crippen LogP contribution in [0, 0.1) is 0 Å². The van der Waals surface area contributed by atoms with Crippen molar-refractivity contribution in [3.63, 3.8) is 0 Å². The van der Waals surface area contributed by atoms with Crippen molar-refractivity contribution in [3.8, 4) is 0 Å². The van der Waals surface area contributed by atoms with Crippen molar-refractivity contribution in [3.05, 3.63) is 85.1 Å². The van der Waals surface area contributed by atoms with E-state index in [2.05, 4.69) is 98.9 Å². The number of hydrogen-bond donors (Lipinski definition) is 1. The van der Waals surface area contributed by atoms with Gasteiger partial charge in [-0.25, -0.2) is 0 Å². The van der Waals surface area contributed by atoms with E-state index in [9.17, 15) is 9.90 Å². The molecule has 4 nitrogen and oxygen atoms in total. The summed E-state index contributed by atoms with van der Waals surface area (Å²) in [5, 5.41) is 9.60. The van der Waals surface area contributed by atoms with Crippen LogP contribution in [0.2, 0.25) is 0 Å². The van der Waals surface area contributed by atoms with E-state index in [0.717, 1.165) is 64.2 Å². The van der Waals surface area contributed by atoms with Crippen LogP contribution in [0.1, 0.15) is 194 Å². The summed E-state index contributed by atoms with van der Waals surface area (Å²) in [4.78, 5) is 12.2. The van der Waals surface area contributed by atoms with Gasteiger partial charge in [0.1, 0.15) is 6.10 Å². The van der Waals surface area contributed by atoms with Gasteiger partial charge in [0.2, 0.25) is 0 Å². The van der Waals surface area contributed by atoms with E-state index in [-0.39, 0.29) is 19.2 Å². The van der Waals surface area contributed by atoms with Crippen LogP contribution in [0.25, 0.3) is 0 Å². The first kappa shape index (κ1) is 50.6. The maximum atomic E-state index is 12.2. The van der Waals surface area contributed by atoms with E-state index in [1.807, 2.05) is 0 Å². The third-order valence-electron chi connectivity index (χ3n) is 9.20. The Labute approximate surface area is 329 Å². The first-order valence-corrected chi connectivity index (χ1v) is 22.2. The fourth-order valence-electron chi connectivity index (χ4n) is 5.93. The molecule has 0 aliphatic rings. The molecule has 0 radical (unpaired) electrons. The molecule has 0 bridgehead atoms. The summed E-state index contributed by atoms with van der Waals surface area (Å²) in [6, 6.07) is 0. The van der Waals surface area contributed by atoms with Crippen LogP contribution >= 0.6 is 0 Å². The number of aliphatic hydroxyl groups excluding tert-OH is 1. The molecule has 0 saturated carbocycles. The predicted octanol–water partition coefficient (Wildman–Crippen LogP) is 14.8. The van der Waals surface area contributed by atoms with Gasteiger partial charge in [0.15, 0.2) is 0 Å². The van der Waals surface area contributed by atoms with Gasteiger partial charge in [-0.15, -0.1) is 0 Å². The van der Waals surface area contributed by atoms with Gasteiger partial charge >= 0.3 is 5.97 Å². The standard InChI is InChI=1S/C49H84O4/c1-3-5-7-9-11-13-15-17-19-21-23-25-26-28-30-32-34-36-38-40-42-44-49(51)53-48(46-50)47-52-45-43-41-39-37-35-33-31-29-27-24-22-20-18-16-14-12-10-8-6-4-2/h6,8,12,14,18,20-21,23-24,27,31,33,37,39,48,50H,3-5,7,9-11,13,15-17,19,22,25-26,28-30,32,34-36,38,40-47H2,1-2H3/b8-6-,14-12-,20-18-,23-21-,27-24-,33-31-,39-37-. The summed E-state index contributed by atoms with van der Waals surface area (Å²) in [6.07, 6.45) is 63.7. The monoisotopic (exact) mass is 737 g/mol. The summed E-state index contributed by atoms with van der Waals surface area (Å²) in [7, 11) is 0. The van der Waals surface area contributed by atoms with Crippen LogP contribution in [0.15, 0.2) is 85.1 Å². The third kappa shape index (κ3) is 43.9. The molecule has 0 rings (SSSR count). The number of carbonyl (C=O) groups excluding carboxylic acids is 1. The van der Waals surface area contributed by atoms with Crippen molar-refractivity contribution in [1.29, 1.82) is 0 Å². The number of ether oxygens (including phenoxy) is 2. The molecule has 0 heterocycles. The molecule has 1 atom stereocenters. The van der Waals surface area contributed by atoms with Gasteiger partial charge in [-0.05, 0) is 83.5 Å². The predicted molar refractivity (Wildman–Crippen MR) is 232 cm³/mol. The number of esters is 1. The molecular formula is C49H84O4. The highest BCUT2D eigenvalue weighted by molar-refractivity contribution is 5.69. The van der Waals surface area contributed by atoms with Crippen molar-refractivity contribution >= 4 is 5.97 Å². The molecule has 0 aromatic heterocycles. The molecule has 53 heavy (non-hydrogen) atoms. The van der Waals surface area contributed by atoms with E-state index < -0.39 is 6.10 Å². The van der Waals surface area contributed by atoms with Gasteiger partial charge in [-0.1, -0.05) is 189 Å². The molecule has 0 fully saturated rings.